The highest BCUT2D eigenvalue weighted by atomic mass is 16.3. The summed E-state index contributed by atoms with van der Waals surface area (Å²) >= 11 is 0. The summed E-state index contributed by atoms with van der Waals surface area (Å²) in [5.41, 5.74) is -0.251. The van der Waals surface area contributed by atoms with Crippen LogP contribution in [0.3, 0.4) is 0 Å². The average molecular weight is 145 g/mol. The minimum atomic E-state index is -0.251. The number of hydrogen-bond donors (Lipinski definition) is 3. The lowest BCUT2D eigenvalue weighted by atomic mass is 9.88. The van der Waals surface area contributed by atoms with Crippen LogP contribution in [-0.2, 0) is 0 Å². The van der Waals surface area contributed by atoms with Gasteiger partial charge in [-0.25, -0.2) is 0 Å². The molecule has 1 atom stereocenters. The molecule has 1 aliphatic rings. The molecule has 1 unspecified atom stereocenters. The van der Waals surface area contributed by atoms with Gasteiger partial charge in [-0.05, 0) is 13.3 Å². The van der Waals surface area contributed by atoms with E-state index in [4.69, 9.17) is 10.2 Å². The van der Waals surface area contributed by atoms with Crippen molar-refractivity contribution in [2.45, 2.75) is 19.4 Å². The molecule has 3 heteroatoms. The molecule has 10 heavy (non-hydrogen) atoms. The molecule has 1 heterocycles. The molecule has 0 aliphatic carbocycles. The van der Waals surface area contributed by atoms with Crippen molar-refractivity contribution >= 4 is 0 Å². The SMILES string of the molecule is CC1CC(CO)(CO)CN1. The van der Waals surface area contributed by atoms with E-state index in [2.05, 4.69) is 12.2 Å². The highest BCUT2D eigenvalue weighted by Gasteiger charge is 2.35. The van der Waals surface area contributed by atoms with Gasteiger partial charge in [-0.2, -0.15) is 0 Å². The zero-order valence-electron chi connectivity index (χ0n) is 6.30. The molecule has 0 bridgehead atoms. The Morgan fingerprint density at radius 1 is 1.50 bits per heavy atom. The Balaban J connectivity index is 2.51. The molecule has 1 rings (SSSR count). The minimum absolute atomic E-state index is 0.0842. The third kappa shape index (κ3) is 1.31. The van der Waals surface area contributed by atoms with Crippen molar-refractivity contribution < 1.29 is 10.2 Å². The molecule has 0 radical (unpaired) electrons. The lowest BCUT2D eigenvalue weighted by Gasteiger charge is -2.21. The normalized spacial score (nSPS) is 30.9. The van der Waals surface area contributed by atoms with Crippen LogP contribution in [0, 0.1) is 5.41 Å². The quantitative estimate of drug-likeness (QED) is 0.483. The summed E-state index contributed by atoms with van der Waals surface area (Å²) in [5, 5.41) is 21.1. The zero-order chi connectivity index (χ0) is 7.61. The molecule has 0 spiro atoms. The first-order chi connectivity index (χ1) is 4.72. The smallest absolute Gasteiger partial charge is 0.0522 e. The molecule has 1 fully saturated rings. The fourth-order valence-electron chi connectivity index (χ4n) is 1.48. The van der Waals surface area contributed by atoms with Crippen LogP contribution in [0.1, 0.15) is 13.3 Å². The Hall–Kier alpha value is -0.120. The second-order valence-corrected chi connectivity index (χ2v) is 3.30. The van der Waals surface area contributed by atoms with Gasteiger partial charge >= 0.3 is 0 Å². The fraction of sp³-hybridized carbons (Fsp3) is 1.00. The summed E-state index contributed by atoms with van der Waals surface area (Å²) in [5.74, 6) is 0. The van der Waals surface area contributed by atoms with Crippen molar-refractivity contribution in [3.05, 3.63) is 0 Å². The summed E-state index contributed by atoms with van der Waals surface area (Å²) in [7, 11) is 0. The molecule has 0 aromatic heterocycles. The molecule has 0 amide bonds. The Kier molecular flexibility index (Phi) is 2.28. The number of rotatable bonds is 2. The predicted molar refractivity (Wildman–Crippen MR) is 38.7 cm³/mol. The summed E-state index contributed by atoms with van der Waals surface area (Å²) in [4.78, 5) is 0. The molecule has 0 saturated carbocycles. The number of nitrogens with one attached hydrogen (secondary N) is 1. The third-order valence-corrected chi connectivity index (χ3v) is 2.24. The fourth-order valence-corrected chi connectivity index (χ4v) is 1.48. The van der Waals surface area contributed by atoms with Crippen LogP contribution in [0.2, 0.25) is 0 Å². The maximum absolute atomic E-state index is 8.93. The van der Waals surface area contributed by atoms with E-state index in [0.29, 0.717) is 6.04 Å². The zero-order valence-corrected chi connectivity index (χ0v) is 6.30. The van der Waals surface area contributed by atoms with E-state index in [1.807, 2.05) is 0 Å². The summed E-state index contributed by atoms with van der Waals surface area (Å²) in [6.07, 6.45) is 0.875. The number of aliphatic hydroxyl groups excluding tert-OH is 2. The third-order valence-electron chi connectivity index (χ3n) is 2.24. The van der Waals surface area contributed by atoms with Crippen molar-refractivity contribution in [1.29, 1.82) is 0 Å². The second kappa shape index (κ2) is 2.86. The first-order valence-corrected chi connectivity index (χ1v) is 3.67. The molecule has 1 saturated heterocycles. The van der Waals surface area contributed by atoms with Crippen molar-refractivity contribution in [3.8, 4) is 0 Å². The molecule has 60 valence electrons. The van der Waals surface area contributed by atoms with E-state index in [1.165, 1.54) is 0 Å². The number of aliphatic hydroxyl groups is 2. The Bertz CT molecular complexity index is 112. The molecule has 3 nitrogen and oxygen atoms in total. The molecular formula is C7H15NO2. The van der Waals surface area contributed by atoms with E-state index in [9.17, 15) is 0 Å². The Labute approximate surface area is 61.1 Å². The first kappa shape index (κ1) is 7.98. The van der Waals surface area contributed by atoms with Crippen molar-refractivity contribution in [2.24, 2.45) is 5.41 Å². The van der Waals surface area contributed by atoms with Crippen molar-refractivity contribution in [2.75, 3.05) is 19.8 Å². The van der Waals surface area contributed by atoms with Gasteiger partial charge < -0.3 is 15.5 Å². The lowest BCUT2D eigenvalue weighted by molar-refractivity contribution is 0.0696. The van der Waals surface area contributed by atoms with E-state index in [0.717, 1.165) is 13.0 Å². The topological polar surface area (TPSA) is 52.5 Å². The van der Waals surface area contributed by atoms with Crippen molar-refractivity contribution in [1.82, 2.24) is 5.32 Å². The first-order valence-electron chi connectivity index (χ1n) is 3.67. The van der Waals surface area contributed by atoms with Gasteiger partial charge in [-0.1, -0.05) is 0 Å². The van der Waals surface area contributed by atoms with Gasteiger partial charge in [0.1, 0.15) is 0 Å². The summed E-state index contributed by atoms with van der Waals surface area (Å²) in [6, 6.07) is 0.430. The minimum Gasteiger partial charge on any atom is -0.396 e. The lowest BCUT2D eigenvalue weighted by Crippen LogP contribution is -2.31. The maximum atomic E-state index is 8.93. The van der Waals surface area contributed by atoms with Crippen molar-refractivity contribution in [3.63, 3.8) is 0 Å². The highest BCUT2D eigenvalue weighted by Crippen LogP contribution is 2.26. The van der Waals surface area contributed by atoms with Crippen LogP contribution in [-0.4, -0.2) is 36.0 Å². The van der Waals surface area contributed by atoms with Crippen LogP contribution < -0.4 is 5.32 Å². The number of hydrogen-bond acceptors (Lipinski definition) is 3. The van der Waals surface area contributed by atoms with Gasteiger partial charge in [-0.3, -0.25) is 0 Å². The highest BCUT2D eigenvalue weighted by molar-refractivity contribution is 4.90. The van der Waals surface area contributed by atoms with Crippen LogP contribution >= 0.6 is 0 Å². The van der Waals surface area contributed by atoms with Crippen LogP contribution in [0.15, 0.2) is 0 Å². The van der Waals surface area contributed by atoms with Gasteiger partial charge in [0.05, 0.1) is 13.2 Å². The molecule has 0 aromatic rings. The standard InChI is InChI=1S/C7H15NO2/c1-6-2-7(4-9,5-10)3-8-6/h6,8-10H,2-5H2,1H3. The summed E-state index contributed by atoms with van der Waals surface area (Å²) in [6.45, 7) is 2.97. The largest absolute Gasteiger partial charge is 0.396 e. The summed E-state index contributed by atoms with van der Waals surface area (Å²) < 4.78 is 0. The molecule has 3 N–H and O–H groups in total. The maximum Gasteiger partial charge on any atom is 0.0522 e. The average Bonchev–Trinajstić information content (AvgIpc) is 2.33. The Morgan fingerprint density at radius 3 is 2.30 bits per heavy atom. The predicted octanol–water partition coefficient (Wildman–Crippen LogP) is -0.661. The van der Waals surface area contributed by atoms with E-state index in [-0.39, 0.29) is 18.6 Å². The van der Waals surface area contributed by atoms with Gasteiger partial charge in [-0.15, -0.1) is 0 Å². The van der Waals surface area contributed by atoms with Crippen LogP contribution in [0.5, 0.6) is 0 Å². The molecule has 0 aromatic carbocycles. The van der Waals surface area contributed by atoms with E-state index in [1.54, 1.807) is 0 Å². The Morgan fingerprint density at radius 2 is 2.10 bits per heavy atom. The van der Waals surface area contributed by atoms with E-state index < -0.39 is 0 Å². The molecular weight excluding hydrogens is 130 g/mol. The molecule has 1 aliphatic heterocycles. The second-order valence-electron chi connectivity index (χ2n) is 3.30. The van der Waals surface area contributed by atoms with Crippen LogP contribution in [0.4, 0.5) is 0 Å². The van der Waals surface area contributed by atoms with E-state index >= 15 is 0 Å². The van der Waals surface area contributed by atoms with Gasteiger partial charge in [0.15, 0.2) is 0 Å². The van der Waals surface area contributed by atoms with Gasteiger partial charge in [0.25, 0.3) is 0 Å². The monoisotopic (exact) mass is 145 g/mol. The van der Waals surface area contributed by atoms with Gasteiger partial charge in [0.2, 0.25) is 0 Å². The van der Waals surface area contributed by atoms with Crippen LogP contribution in [0.25, 0.3) is 0 Å². The van der Waals surface area contributed by atoms with Gasteiger partial charge in [0, 0.05) is 18.0 Å².